The monoisotopic (exact) mass is 584 g/mol. The molecule has 0 spiro atoms. The molecule has 2 heterocycles. The third-order valence-electron chi connectivity index (χ3n) is 7.37. The van der Waals surface area contributed by atoms with E-state index in [1.54, 1.807) is 18.2 Å². The molecular formula is C33H36N4O4S. The average molecular weight is 585 g/mol. The normalized spacial score (nSPS) is 14.9. The van der Waals surface area contributed by atoms with Crippen LogP contribution < -0.4 is 10.1 Å². The first kappa shape index (κ1) is 29.6. The lowest BCUT2D eigenvalue weighted by molar-refractivity contribution is -0.131. The zero-order chi connectivity index (χ0) is 29.3. The van der Waals surface area contributed by atoms with Crippen LogP contribution in [0.1, 0.15) is 33.8 Å². The van der Waals surface area contributed by atoms with E-state index in [0.717, 1.165) is 50.7 Å². The summed E-state index contributed by atoms with van der Waals surface area (Å²) in [5, 5.41) is 14.6. The number of phenols is 1. The van der Waals surface area contributed by atoms with Crippen LogP contribution in [0, 0.1) is 0 Å². The molecule has 1 unspecified atom stereocenters. The number of rotatable bonds is 11. The molecule has 0 aliphatic carbocycles. The zero-order valence-electron chi connectivity index (χ0n) is 23.7. The number of nitrogens with zero attached hydrogens (tertiary/aromatic N) is 3. The van der Waals surface area contributed by atoms with Crippen molar-refractivity contribution < 1.29 is 19.4 Å². The Bertz CT molecular complexity index is 1450. The lowest BCUT2D eigenvalue weighted by atomic mass is 10.0. The second kappa shape index (κ2) is 14.3. The van der Waals surface area contributed by atoms with E-state index in [1.165, 1.54) is 24.6 Å². The molecule has 1 atom stereocenters. The molecule has 0 saturated carbocycles. The Balaban J connectivity index is 1.08. The minimum Gasteiger partial charge on any atom is -0.508 e. The molecule has 1 aliphatic rings. The van der Waals surface area contributed by atoms with Gasteiger partial charge < -0.3 is 15.2 Å². The maximum Gasteiger partial charge on any atom is 0.308 e. The topological polar surface area (TPSA) is 95.0 Å². The Hall–Kier alpha value is -3.92. The van der Waals surface area contributed by atoms with Crippen LogP contribution in [0.5, 0.6) is 11.5 Å². The maximum atomic E-state index is 13.1. The fourth-order valence-electron chi connectivity index (χ4n) is 5.24. The molecule has 0 bridgehead atoms. The summed E-state index contributed by atoms with van der Waals surface area (Å²) >= 11 is 1.93. The summed E-state index contributed by atoms with van der Waals surface area (Å²) < 4.78 is 5.27. The highest BCUT2D eigenvalue weighted by Crippen LogP contribution is 2.34. The lowest BCUT2D eigenvalue weighted by Gasteiger charge is -2.34. The number of ether oxygens (including phenoxy) is 1. The highest BCUT2D eigenvalue weighted by atomic mass is 32.2. The van der Waals surface area contributed by atoms with Gasteiger partial charge in [0.25, 0.3) is 5.91 Å². The van der Waals surface area contributed by atoms with Gasteiger partial charge in [0.05, 0.1) is 16.5 Å². The molecule has 2 N–H and O–H groups in total. The van der Waals surface area contributed by atoms with E-state index in [-0.39, 0.29) is 16.9 Å². The van der Waals surface area contributed by atoms with Crippen molar-refractivity contribution in [2.75, 3.05) is 51.6 Å². The van der Waals surface area contributed by atoms with Gasteiger partial charge >= 0.3 is 5.97 Å². The van der Waals surface area contributed by atoms with Crippen LogP contribution in [-0.2, 0) is 4.79 Å². The number of thioether (sulfide) groups is 1. The molecule has 3 aromatic carbocycles. The molecule has 9 heteroatoms. The van der Waals surface area contributed by atoms with Crippen molar-refractivity contribution in [3.63, 3.8) is 0 Å². The Labute approximate surface area is 250 Å². The van der Waals surface area contributed by atoms with Gasteiger partial charge in [-0.05, 0) is 41.3 Å². The quantitative estimate of drug-likeness (QED) is 0.193. The zero-order valence-corrected chi connectivity index (χ0v) is 24.6. The summed E-state index contributed by atoms with van der Waals surface area (Å²) in [6.45, 7) is 7.46. The van der Waals surface area contributed by atoms with Crippen LogP contribution >= 0.6 is 11.8 Å². The van der Waals surface area contributed by atoms with Crippen molar-refractivity contribution >= 4 is 34.4 Å². The molecule has 1 fully saturated rings. The summed E-state index contributed by atoms with van der Waals surface area (Å²) in [5.41, 5.74) is 2.71. The maximum absolute atomic E-state index is 13.1. The summed E-state index contributed by atoms with van der Waals surface area (Å²) in [4.78, 5) is 34.0. The lowest BCUT2D eigenvalue weighted by Crippen LogP contribution is -2.48. The van der Waals surface area contributed by atoms with Crippen LogP contribution in [0.15, 0.2) is 85.1 Å². The second-order valence-corrected chi connectivity index (χ2v) is 11.5. The standard InChI is InChI=1S/C33H36N4O4S/c1-24(38)41-31-12-7-10-27-28(31)22-26(39)23-29(27)33(40)35-14-15-36-16-18-37(19-17-36)20-21-42-32(25-8-3-2-4-9-25)30-11-5-6-13-34-30/h2-13,22-23,32,39H,14-21H2,1H3,(H,35,40). The predicted octanol–water partition coefficient (Wildman–Crippen LogP) is 4.74. The largest absolute Gasteiger partial charge is 0.508 e. The van der Waals surface area contributed by atoms with Crippen molar-refractivity contribution in [3.8, 4) is 11.5 Å². The van der Waals surface area contributed by atoms with E-state index in [9.17, 15) is 14.7 Å². The van der Waals surface area contributed by atoms with E-state index in [2.05, 4.69) is 50.4 Å². The average Bonchev–Trinajstić information content (AvgIpc) is 3.00. The summed E-state index contributed by atoms with van der Waals surface area (Å²) in [7, 11) is 0. The Morgan fingerprint density at radius 3 is 2.38 bits per heavy atom. The number of aromatic nitrogens is 1. The van der Waals surface area contributed by atoms with Gasteiger partial charge in [-0.1, -0.05) is 48.5 Å². The first-order valence-electron chi connectivity index (χ1n) is 14.2. The summed E-state index contributed by atoms with van der Waals surface area (Å²) in [6.07, 6.45) is 1.86. The van der Waals surface area contributed by atoms with Crippen LogP contribution in [-0.4, -0.2) is 83.3 Å². The van der Waals surface area contributed by atoms with Crippen LogP contribution in [0.4, 0.5) is 0 Å². The summed E-state index contributed by atoms with van der Waals surface area (Å²) in [5.74, 6) is 0.539. The third-order valence-corrected chi connectivity index (χ3v) is 8.63. The number of aromatic hydroxyl groups is 1. The number of nitrogens with one attached hydrogen (secondary N) is 1. The number of hydrogen-bond donors (Lipinski definition) is 2. The molecule has 8 nitrogen and oxygen atoms in total. The molecule has 1 saturated heterocycles. The van der Waals surface area contributed by atoms with Gasteiger partial charge in [0.2, 0.25) is 0 Å². The minimum atomic E-state index is -0.462. The highest BCUT2D eigenvalue weighted by Gasteiger charge is 2.20. The van der Waals surface area contributed by atoms with Gasteiger partial charge in [-0.15, -0.1) is 11.8 Å². The van der Waals surface area contributed by atoms with E-state index in [1.807, 2.05) is 36.2 Å². The Kier molecular flexibility index (Phi) is 10.1. The molecule has 0 radical (unpaired) electrons. The van der Waals surface area contributed by atoms with Gasteiger partial charge in [0, 0.05) is 70.1 Å². The number of fused-ring (bicyclic) bond motifs is 1. The Morgan fingerprint density at radius 1 is 0.929 bits per heavy atom. The van der Waals surface area contributed by atoms with Crippen LogP contribution in [0.25, 0.3) is 10.8 Å². The minimum absolute atomic E-state index is 0.0587. The number of carbonyl (C=O) groups is 2. The van der Waals surface area contributed by atoms with E-state index in [0.29, 0.717) is 28.6 Å². The number of benzene rings is 3. The second-order valence-electron chi connectivity index (χ2n) is 10.3. The van der Waals surface area contributed by atoms with Crippen molar-refractivity contribution in [1.82, 2.24) is 20.1 Å². The van der Waals surface area contributed by atoms with Gasteiger partial charge in [0.15, 0.2) is 0 Å². The molecule has 218 valence electrons. The first-order valence-corrected chi connectivity index (χ1v) is 15.3. The van der Waals surface area contributed by atoms with E-state index >= 15 is 0 Å². The van der Waals surface area contributed by atoms with Gasteiger partial charge in [-0.2, -0.15) is 0 Å². The number of pyridine rings is 1. The molecule has 4 aromatic rings. The van der Waals surface area contributed by atoms with Crippen molar-refractivity contribution in [3.05, 3.63) is 102 Å². The number of esters is 1. The molecule has 1 aromatic heterocycles. The number of phenolic OH excluding ortho intramolecular Hbond substituents is 1. The number of carbonyl (C=O) groups excluding carboxylic acids is 2. The van der Waals surface area contributed by atoms with Gasteiger partial charge in [0.1, 0.15) is 11.5 Å². The van der Waals surface area contributed by atoms with E-state index in [4.69, 9.17) is 4.74 Å². The molecule has 42 heavy (non-hydrogen) atoms. The third kappa shape index (κ3) is 7.67. The molecule has 1 amide bonds. The first-order chi connectivity index (χ1) is 20.5. The van der Waals surface area contributed by atoms with Crippen LogP contribution in [0.2, 0.25) is 0 Å². The fraction of sp³-hybridized carbons (Fsp3) is 0.303. The van der Waals surface area contributed by atoms with E-state index < -0.39 is 5.97 Å². The Morgan fingerprint density at radius 2 is 1.67 bits per heavy atom. The van der Waals surface area contributed by atoms with Gasteiger partial charge in [-0.25, -0.2) is 0 Å². The summed E-state index contributed by atoms with van der Waals surface area (Å²) in [6, 6.07) is 24.8. The molecule has 1 aliphatic heterocycles. The highest BCUT2D eigenvalue weighted by molar-refractivity contribution is 7.99. The van der Waals surface area contributed by atoms with Gasteiger partial charge in [-0.3, -0.25) is 24.4 Å². The SMILES string of the molecule is CC(=O)Oc1cccc2c(C(=O)NCCN3CCN(CCSC(c4ccccc4)c4ccccn4)CC3)cc(O)cc12. The molecular weight excluding hydrogens is 548 g/mol. The number of piperazine rings is 1. The number of hydrogen-bond acceptors (Lipinski definition) is 8. The molecule has 5 rings (SSSR count). The van der Waals surface area contributed by atoms with Crippen LogP contribution in [0.3, 0.4) is 0 Å². The van der Waals surface area contributed by atoms with Crippen molar-refractivity contribution in [2.45, 2.75) is 12.2 Å². The smallest absolute Gasteiger partial charge is 0.308 e. The number of amides is 1. The fourth-order valence-corrected chi connectivity index (χ4v) is 6.50. The van der Waals surface area contributed by atoms with Crippen molar-refractivity contribution in [1.29, 1.82) is 0 Å². The predicted molar refractivity (Wildman–Crippen MR) is 167 cm³/mol. The van der Waals surface area contributed by atoms with Crippen molar-refractivity contribution in [2.24, 2.45) is 0 Å².